The van der Waals surface area contributed by atoms with E-state index in [2.05, 4.69) is 42.5 Å². The number of ether oxygens (including phenoxy) is 1. The van der Waals surface area contributed by atoms with Crippen LogP contribution < -0.4 is 4.74 Å². The molecule has 2 nitrogen and oxygen atoms in total. The number of fused-ring (bicyclic) bond motifs is 4. The van der Waals surface area contributed by atoms with E-state index in [1.165, 1.54) is 16.7 Å². The van der Waals surface area contributed by atoms with Crippen molar-refractivity contribution in [2.24, 2.45) is 0 Å². The predicted octanol–water partition coefficient (Wildman–Crippen LogP) is 4.02. The second-order valence-electron chi connectivity index (χ2n) is 6.34. The first-order valence-electron chi connectivity index (χ1n) is 7.81. The number of para-hydroxylation sites is 1. The van der Waals surface area contributed by atoms with Gasteiger partial charge in [-0.25, -0.2) is 0 Å². The second-order valence-corrected chi connectivity index (χ2v) is 6.34. The molecule has 0 radical (unpaired) electrons. The van der Waals surface area contributed by atoms with Gasteiger partial charge in [0.1, 0.15) is 5.75 Å². The summed E-state index contributed by atoms with van der Waals surface area (Å²) < 4.78 is 6.05. The monoisotopic (exact) mass is 280 g/mol. The molecule has 0 aromatic heterocycles. The Morgan fingerprint density at radius 3 is 2.81 bits per heavy atom. The number of aliphatic hydroxyl groups is 1. The van der Waals surface area contributed by atoms with Crippen molar-refractivity contribution in [3.05, 3.63) is 65.2 Å². The molecule has 2 aromatic rings. The van der Waals surface area contributed by atoms with E-state index < -0.39 is 5.79 Å². The minimum Gasteiger partial charge on any atom is -0.462 e. The molecule has 1 N–H and O–H groups in total. The van der Waals surface area contributed by atoms with E-state index in [4.69, 9.17) is 4.74 Å². The summed E-state index contributed by atoms with van der Waals surface area (Å²) in [5.74, 6) is 0.436. The highest BCUT2D eigenvalue weighted by atomic mass is 16.6. The molecule has 2 heteroatoms. The quantitative estimate of drug-likeness (QED) is 0.900. The predicted molar refractivity (Wildman–Crippen MR) is 82.5 cm³/mol. The molecule has 2 bridgehead atoms. The molecule has 2 atom stereocenters. The van der Waals surface area contributed by atoms with Crippen LogP contribution in [-0.4, -0.2) is 10.9 Å². The zero-order chi connectivity index (χ0) is 14.3. The smallest absolute Gasteiger partial charge is 0.208 e. The molecule has 2 aliphatic rings. The zero-order valence-electron chi connectivity index (χ0n) is 12.1. The van der Waals surface area contributed by atoms with Crippen molar-refractivity contribution in [1.82, 2.24) is 0 Å². The fourth-order valence-corrected chi connectivity index (χ4v) is 3.77. The maximum Gasteiger partial charge on any atom is 0.208 e. The van der Waals surface area contributed by atoms with Gasteiger partial charge in [-0.3, -0.25) is 0 Å². The molecule has 1 heterocycles. The fraction of sp³-hybridized carbons (Fsp3) is 0.368. The van der Waals surface area contributed by atoms with Crippen molar-refractivity contribution >= 4 is 0 Å². The van der Waals surface area contributed by atoms with Gasteiger partial charge in [-0.05, 0) is 35.4 Å². The third kappa shape index (κ3) is 2.34. The third-order valence-electron chi connectivity index (χ3n) is 4.78. The average molecular weight is 280 g/mol. The number of hydrogen-bond donors (Lipinski definition) is 1. The maximum atomic E-state index is 10.6. The van der Waals surface area contributed by atoms with Crippen LogP contribution in [0.15, 0.2) is 48.5 Å². The van der Waals surface area contributed by atoms with Crippen LogP contribution in [0.2, 0.25) is 0 Å². The van der Waals surface area contributed by atoms with Gasteiger partial charge in [-0.15, -0.1) is 0 Å². The van der Waals surface area contributed by atoms with E-state index in [0.29, 0.717) is 5.92 Å². The molecular weight excluding hydrogens is 260 g/mol. The van der Waals surface area contributed by atoms with Crippen molar-refractivity contribution in [2.75, 3.05) is 0 Å². The molecular formula is C19H20O2. The Labute approximate surface area is 125 Å². The highest BCUT2D eigenvalue weighted by molar-refractivity contribution is 5.47. The molecule has 4 rings (SSSR count). The van der Waals surface area contributed by atoms with Crippen LogP contribution in [0.5, 0.6) is 5.75 Å². The molecule has 0 unspecified atom stereocenters. The molecule has 0 amide bonds. The Balaban J connectivity index is 1.74. The van der Waals surface area contributed by atoms with E-state index in [0.717, 1.165) is 37.9 Å². The molecule has 0 saturated heterocycles. The summed E-state index contributed by atoms with van der Waals surface area (Å²) in [5.41, 5.74) is 3.74. The first-order valence-corrected chi connectivity index (χ1v) is 7.81. The third-order valence-corrected chi connectivity index (χ3v) is 4.78. The lowest BCUT2D eigenvalue weighted by molar-refractivity contribution is -0.172. The van der Waals surface area contributed by atoms with Gasteiger partial charge in [0.05, 0.1) is 0 Å². The Hall–Kier alpha value is -1.80. The van der Waals surface area contributed by atoms with Crippen molar-refractivity contribution < 1.29 is 9.84 Å². The summed E-state index contributed by atoms with van der Waals surface area (Å²) >= 11 is 0. The summed E-state index contributed by atoms with van der Waals surface area (Å²) in [4.78, 5) is 0. The van der Waals surface area contributed by atoms with E-state index in [-0.39, 0.29) is 0 Å². The van der Waals surface area contributed by atoms with Gasteiger partial charge >= 0.3 is 0 Å². The van der Waals surface area contributed by atoms with E-state index in [9.17, 15) is 5.11 Å². The van der Waals surface area contributed by atoms with Crippen LogP contribution in [0.4, 0.5) is 0 Å². The molecule has 2 aromatic carbocycles. The summed E-state index contributed by atoms with van der Waals surface area (Å²) in [6.45, 7) is 0. The van der Waals surface area contributed by atoms with Crippen molar-refractivity contribution in [3.8, 4) is 5.75 Å². The molecule has 1 aliphatic carbocycles. The first kappa shape index (κ1) is 12.9. The fourth-order valence-electron chi connectivity index (χ4n) is 3.77. The van der Waals surface area contributed by atoms with Crippen LogP contribution in [-0.2, 0) is 6.42 Å². The topological polar surface area (TPSA) is 29.5 Å². The van der Waals surface area contributed by atoms with Crippen LogP contribution in [0, 0.1) is 0 Å². The van der Waals surface area contributed by atoms with Crippen LogP contribution in [0.1, 0.15) is 48.3 Å². The highest BCUT2D eigenvalue weighted by Crippen LogP contribution is 2.49. The van der Waals surface area contributed by atoms with Crippen molar-refractivity contribution in [3.63, 3.8) is 0 Å². The van der Waals surface area contributed by atoms with Crippen molar-refractivity contribution in [2.45, 2.75) is 43.8 Å². The molecule has 1 saturated carbocycles. The molecule has 0 spiro atoms. The SMILES string of the molecule is O[C@]12CCC[C@H](C1)c1cccc(Cc3ccccc3)c1O2. The summed E-state index contributed by atoms with van der Waals surface area (Å²) in [5, 5.41) is 10.6. The average Bonchev–Trinajstić information content (AvgIpc) is 2.49. The van der Waals surface area contributed by atoms with Crippen LogP contribution in [0.25, 0.3) is 0 Å². The van der Waals surface area contributed by atoms with Crippen LogP contribution in [0.3, 0.4) is 0 Å². The first-order chi connectivity index (χ1) is 10.2. The maximum absolute atomic E-state index is 10.6. The molecule has 1 aliphatic heterocycles. The van der Waals surface area contributed by atoms with Crippen LogP contribution >= 0.6 is 0 Å². The number of benzene rings is 2. The highest BCUT2D eigenvalue weighted by Gasteiger charge is 2.42. The van der Waals surface area contributed by atoms with Gasteiger partial charge in [-0.2, -0.15) is 0 Å². The number of hydrogen-bond acceptors (Lipinski definition) is 2. The Morgan fingerprint density at radius 2 is 1.95 bits per heavy atom. The van der Waals surface area contributed by atoms with E-state index >= 15 is 0 Å². The van der Waals surface area contributed by atoms with Gasteiger partial charge in [-0.1, -0.05) is 48.5 Å². The van der Waals surface area contributed by atoms with E-state index in [1.807, 2.05) is 6.07 Å². The summed E-state index contributed by atoms with van der Waals surface area (Å²) in [6.07, 6.45) is 4.56. The van der Waals surface area contributed by atoms with E-state index in [1.54, 1.807) is 0 Å². The summed E-state index contributed by atoms with van der Waals surface area (Å²) in [6, 6.07) is 16.8. The lowest BCUT2D eigenvalue weighted by atomic mass is 9.77. The lowest BCUT2D eigenvalue weighted by Crippen LogP contribution is -2.43. The van der Waals surface area contributed by atoms with Gasteiger partial charge < -0.3 is 9.84 Å². The van der Waals surface area contributed by atoms with Gasteiger partial charge in [0.2, 0.25) is 5.79 Å². The number of rotatable bonds is 2. The van der Waals surface area contributed by atoms with Crippen molar-refractivity contribution in [1.29, 1.82) is 0 Å². The van der Waals surface area contributed by atoms with Gasteiger partial charge in [0.25, 0.3) is 0 Å². The molecule has 21 heavy (non-hydrogen) atoms. The van der Waals surface area contributed by atoms with Gasteiger partial charge in [0.15, 0.2) is 0 Å². The minimum atomic E-state index is -0.942. The Kier molecular flexibility index (Phi) is 3.00. The Morgan fingerprint density at radius 1 is 1.10 bits per heavy atom. The zero-order valence-corrected chi connectivity index (χ0v) is 12.1. The summed E-state index contributed by atoms with van der Waals surface area (Å²) in [7, 11) is 0. The largest absolute Gasteiger partial charge is 0.462 e. The second kappa shape index (κ2) is 4.88. The standard InChI is InChI=1S/C19H20O2/c20-19-11-5-9-16(13-19)17-10-4-8-15(18(17)21-19)12-14-6-2-1-3-7-14/h1-4,6-8,10,16,20H,5,9,11-13H2/t16-,19+/m1/s1. The minimum absolute atomic E-state index is 0.447. The lowest BCUT2D eigenvalue weighted by Gasteiger charge is -2.43. The normalized spacial score (nSPS) is 26.8. The molecule has 1 fully saturated rings. The molecule has 108 valence electrons. The Bertz CT molecular complexity index is 650. The van der Waals surface area contributed by atoms with Gasteiger partial charge in [0, 0.05) is 19.3 Å².